The van der Waals surface area contributed by atoms with Crippen LogP contribution in [0.5, 0.6) is 11.5 Å². The molecule has 0 spiro atoms. The van der Waals surface area contributed by atoms with Gasteiger partial charge < -0.3 is 25.0 Å². The lowest BCUT2D eigenvalue weighted by Gasteiger charge is -2.20. The number of hydrogen-bond acceptors (Lipinski definition) is 4. The van der Waals surface area contributed by atoms with Crippen molar-refractivity contribution in [2.45, 2.75) is 19.3 Å². The number of amides is 1. The van der Waals surface area contributed by atoms with Crippen molar-refractivity contribution in [2.24, 2.45) is 4.99 Å². The van der Waals surface area contributed by atoms with E-state index in [-0.39, 0.29) is 42.2 Å². The Balaban J connectivity index is 0.00000784. The maximum atomic E-state index is 12.5. The molecule has 0 saturated heterocycles. The third-order valence-electron chi connectivity index (χ3n) is 3.40. The van der Waals surface area contributed by atoms with Gasteiger partial charge in [-0.3, -0.25) is 9.79 Å². The minimum Gasteiger partial charge on any atom is -0.497 e. The van der Waals surface area contributed by atoms with Gasteiger partial charge in [0, 0.05) is 26.2 Å². The van der Waals surface area contributed by atoms with E-state index in [0.717, 1.165) is 7.05 Å². The highest BCUT2D eigenvalue weighted by Gasteiger charge is 2.31. The molecule has 2 N–H and O–H groups in total. The summed E-state index contributed by atoms with van der Waals surface area (Å²) in [5.74, 6) is -0.395. The van der Waals surface area contributed by atoms with Crippen LogP contribution in [0, 0.1) is 0 Å². The molecule has 0 fully saturated rings. The van der Waals surface area contributed by atoms with Crippen molar-refractivity contribution in [2.75, 3.05) is 34.3 Å². The maximum absolute atomic E-state index is 12.5. The number of methoxy groups -OCH3 is 1. The largest absolute Gasteiger partial charge is 0.497 e. The zero-order chi connectivity index (χ0) is 21.3. The average molecular weight is 540 g/mol. The molecule has 1 rings (SSSR count). The number of carbonyl (C=O) groups is 1. The lowest BCUT2D eigenvalue weighted by molar-refractivity contribution is -0.157. The van der Waals surface area contributed by atoms with Gasteiger partial charge in [0.25, 0.3) is 0 Å². The van der Waals surface area contributed by atoms with Crippen LogP contribution in [0.1, 0.15) is 5.56 Å². The number of likely N-dealkylation sites (N-methyl/N-ethyl adjacent to an activating group) is 1. The van der Waals surface area contributed by atoms with E-state index in [1.54, 1.807) is 0 Å². The minimum atomic E-state index is -4.50. The lowest BCUT2D eigenvalue weighted by atomic mass is 10.2. The molecule has 0 aliphatic carbocycles. The summed E-state index contributed by atoms with van der Waals surface area (Å²) in [5, 5.41) is 5.31. The number of alkyl halides is 5. The van der Waals surface area contributed by atoms with Crippen molar-refractivity contribution in [3.8, 4) is 11.5 Å². The fourth-order valence-corrected chi connectivity index (χ4v) is 2.08. The normalized spacial score (nSPS) is 11.6. The molecule has 166 valence electrons. The predicted molar refractivity (Wildman–Crippen MR) is 107 cm³/mol. The molecular formula is C16H22F5IN4O3. The van der Waals surface area contributed by atoms with Crippen LogP contribution in [0.3, 0.4) is 0 Å². The van der Waals surface area contributed by atoms with Crippen LogP contribution < -0.4 is 20.1 Å². The molecule has 7 nitrogen and oxygen atoms in total. The topological polar surface area (TPSA) is 75.2 Å². The molecule has 0 unspecified atom stereocenters. The van der Waals surface area contributed by atoms with Crippen molar-refractivity contribution < 1.29 is 36.2 Å². The Labute approximate surface area is 181 Å². The van der Waals surface area contributed by atoms with Gasteiger partial charge in [0.05, 0.1) is 13.7 Å². The molecule has 0 atom stereocenters. The van der Waals surface area contributed by atoms with Crippen LogP contribution in [0.15, 0.2) is 23.2 Å². The highest BCUT2D eigenvalue weighted by molar-refractivity contribution is 14.0. The molecule has 0 heterocycles. The number of rotatable bonds is 8. The molecule has 1 aromatic carbocycles. The lowest BCUT2D eigenvalue weighted by Crippen LogP contribution is -2.45. The molecule has 1 aromatic rings. The van der Waals surface area contributed by atoms with Crippen molar-refractivity contribution in [3.63, 3.8) is 0 Å². The fourth-order valence-electron chi connectivity index (χ4n) is 2.08. The Bertz CT molecular complexity index is 689. The van der Waals surface area contributed by atoms with E-state index < -0.39 is 31.8 Å². The average Bonchev–Trinajstić information content (AvgIpc) is 2.60. The van der Waals surface area contributed by atoms with Crippen LogP contribution in [0.2, 0.25) is 0 Å². The van der Waals surface area contributed by atoms with Crippen LogP contribution in [-0.2, 0) is 11.3 Å². The van der Waals surface area contributed by atoms with E-state index in [9.17, 15) is 26.7 Å². The van der Waals surface area contributed by atoms with Gasteiger partial charge in [0.2, 0.25) is 5.91 Å². The number of aliphatic imine (C=N–C) groups is 1. The van der Waals surface area contributed by atoms with E-state index >= 15 is 0 Å². The summed E-state index contributed by atoms with van der Waals surface area (Å²) < 4.78 is 71.4. The summed E-state index contributed by atoms with van der Waals surface area (Å²) in [6.07, 6.45) is -4.50. The first-order valence-corrected chi connectivity index (χ1v) is 7.92. The second-order valence-electron chi connectivity index (χ2n) is 5.50. The number of ether oxygens (including phenoxy) is 2. The summed E-state index contributed by atoms with van der Waals surface area (Å²) in [7, 11) is 3.81. The molecule has 0 saturated carbocycles. The van der Waals surface area contributed by atoms with Gasteiger partial charge in [-0.15, -0.1) is 24.0 Å². The fraction of sp³-hybridized carbons (Fsp3) is 0.500. The maximum Gasteiger partial charge on any atom is 0.406 e. The molecule has 0 radical (unpaired) electrons. The number of hydrogen-bond donors (Lipinski definition) is 2. The Morgan fingerprint density at radius 3 is 2.45 bits per heavy atom. The van der Waals surface area contributed by atoms with Gasteiger partial charge in [-0.05, 0) is 18.2 Å². The first-order chi connectivity index (χ1) is 13.1. The minimum absolute atomic E-state index is 0. The van der Waals surface area contributed by atoms with Gasteiger partial charge >= 0.3 is 12.8 Å². The van der Waals surface area contributed by atoms with Gasteiger partial charge in [0.15, 0.2) is 5.96 Å². The van der Waals surface area contributed by atoms with E-state index in [2.05, 4.69) is 20.4 Å². The molecule has 0 bridgehead atoms. The summed E-state index contributed by atoms with van der Waals surface area (Å²) in [6, 6.07) is 4.23. The second kappa shape index (κ2) is 12.5. The third kappa shape index (κ3) is 10.3. The Kier molecular flexibility index (Phi) is 11.6. The molecule has 1 amide bonds. The molecule has 29 heavy (non-hydrogen) atoms. The highest BCUT2D eigenvalue weighted by atomic mass is 127. The van der Waals surface area contributed by atoms with Crippen LogP contribution in [0.25, 0.3) is 0 Å². The standard InChI is InChI=1S/C16H21F5N4O3.HI/c1-22-15(24-8-13(26)25(2)9-16(19,20)21)23-7-10-6-11(27-3)4-5-12(10)28-14(17)18;/h4-6,14H,7-9H2,1-3H3,(H2,22,23,24);1H. The van der Waals surface area contributed by atoms with E-state index in [4.69, 9.17) is 4.74 Å². The van der Waals surface area contributed by atoms with E-state index in [1.807, 2.05) is 0 Å². The molecular weight excluding hydrogens is 518 g/mol. The number of carbonyl (C=O) groups excluding carboxylic acids is 1. The molecule has 0 aliphatic rings. The summed E-state index contributed by atoms with van der Waals surface area (Å²) in [4.78, 5) is 16.1. The first kappa shape index (κ1) is 26.9. The molecule has 0 aliphatic heterocycles. The van der Waals surface area contributed by atoms with Crippen LogP contribution in [0.4, 0.5) is 22.0 Å². The smallest absolute Gasteiger partial charge is 0.406 e. The second-order valence-corrected chi connectivity index (χ2v) is 5.50. The van der Waals surface area contributed by atoms with Crippen molar-refractivity contribution >= 4 is 35.8 Å². The van der Waals surface area contributed by atoms with Crippen molar-refractivity contribution in [3.05, 3.63) is 23.8 Å². The Morgan fingerprint density at radius 2 is 1.93 bits per heavy atom. The van der Waals surface area contributed by atoms with Crippen molar-refractivity contribution in [1.29, 1.82) is 0 Å². The molecule has 0 aromatic heterocycles. The summed E-state index contributed by atoms with van der Waals surface area (Å²) in [5.41, 5.74) is 0.322. The Morgan fingerprint density at radius 1 is 1.28 bits per heavy atom. The summed E-state index contributed by atoms with van der Waals surface area (Å²) >= 11 is 0. The van der Waals surface area contributed by atoms with Crippen LogP contribution >= 0.6 is 24.0 Å². The number of halogens is 6. The zero-order valence-corrected chi connectivity index (χ0v) is 18.2. The highest BCUT2D eigenvalue weighted by Crippen LogP contribution is 2.25. The molecule has 13 heteroatoms. The van der Waals surface area contributed by atoms with Crippen molar-refractivity contribution in [1.82, 2.24) is 15.5 Å². The number of nitrogens with one attached hydrogen (secondary N) is 2. The van der Waals surface area contributed by atoms with Crippen LogP contribution in [-0.4, -0.2) is 63.8 Å². The summed E-state index contributed by atoms with van der Waals surface area (Å²) in [6.45, 7) is -4.86. The SMILES string of the molecule is CN=C(NCC(=O)N(C)CC(F)(F)F)NCc1cc(OC)ccc1OC(F)F.I. The number of benzene rings is 1. The number of guanidine groups is 1. The quantitative estimate of drug-likeness (QED) is 0.230. The Hall–Kier alpha value is -2.06. The van der Waals surface area contributed by atoms with Gasteiger partial charge in [-0.1, -0.05) is 0 Å². The van der Waals surface area contributed by atoms with E-state index in [0.29, 0.717) is 16.2 Å². The number of nitrogens with zero attached hydrogens (tertiary/aromatic N) is 2. The zero-order valence-electron chi connectivity index (χ0n) is 15.8. The predicted octanol–water partition coefficient (Wildman–Crippen LogP) is 2.60. The third-order valence-corrected chi connectivity index (χ3v) is 3.40. The first-order valence-electron chi connectivity index (χ1n) is 7.92. The monoisotopic (exact) mass is 540 g/mol. The van der Waals surface area contributed by atoms with Gasteiger partial charge in [-0.2, -0.15) is 22.0 Å². The van der Waals surface area contributed by atoms with Gasteiger partial charge in [0.1, 0.15) is 18.0 Å². The van der Waals surface area contributed by atoms with Gasteiger partial charge in [-0.25, -0.2) is 0 Å². The van der Waals surface area contributed by atoms with E-state index in [1.165, 1.54) is 32.4 Å².